The normalized spacial score (nSPS) is 16.9. The fraction of sp³-hybridized carbons (Fsp3) is 0.400. The lowest BCUT2D eigenvalue weighted by Crippen LogP contribution is -2.39. The number of benzene rings is 1. The van der Waals surface area contributed by atoms with Crippen LogP contribution < -0.4 is 14.8 Å². The molecule has 1 aromatic carbocycles. The lowest BCUT2D eigenvalue weighted by molar-refractivity contribution is 0.0682. The van der Waals surface area contributed by atoms with Crippen LogP contribution in [-0.4, -0.2) is 43.1 Å². The summed E-state index contributed by atoms with van der Waals surface area (Å²) in [6.07, 6.45) is 3.88. The van der Waals surface area contributed by atoms with Gasteiger partial charge in [0.05, 0.1) is 25.5 Å². The lowest BCUT2D eigenvalue weighted by Gasteiger charge is -2.30. The Morgan fingerprint density at radius 2 is 2.08 bits per heavy atom. The molecule has 2 heterocycles. The maximum atomic E-state index is 12.6. The molecule has 1 aromatic heterocycles. The average molecular weight is 355 g/mol. The summed E-state index contributed by atoms with van der Waals surface area (Å²) in [6.45, 7) is 3.83. The Morgan fingerprint density at radius 1 is 1.23 bits per heavy atom. The molecule has 0 saturated carbocycles. The molecule has 138 valence electrons. The molecule has 26 heavy (non-hydrogen) atoms. The molecule has 1 saturated heterocycles. The molecular weight excluding hydrogens is 330 g/mol. The van der Waals surface area contributed by atoms with Gasteiger partial charge in [-0.05, 0) is 43.0 Å². The van der Waals surface area contributed by atoms with Crippen LogP contribution in [0.25, 0.3) is 0 Å². The maximum absolute atomic E-state index is 12.6. The van der Waals surface area contributed by atoms with Gasteiger partial charge in [0.1, 0.15) is 17.3 Å². The number of anilines is 2. The van der Waals surface area contributed by atoms with Crippen LogP contribution in [0.5, 0.6) is 11.5 Å². The highest BCUT2D eigenvalue weighted by molar-refractivity contribution is 5.94. The highest BCUT2D eigenvalue weighted by Crippen LogP contribution is 2.31. The van der Waals surface area contributed by atoms with Crippen molar-refractivity contribution in [1.29, 1.82) is 0 Å². The van der Waals surface area contributed by atoms with Gasteiger partial charge in [-0.15, -0.1) is 0 Å². The Kier molecular flexibility index (Phi) is 5.61. The summed E-state index contributed by atoms with van der Waals surface area (Å²) < 4.78 is 10.6. The number of piperidine rings is 1. The number of ether oxygens (including phenoxy) is 2. The number of nitrogens with one attached hydrogen (secondary N) is 1. The SMILES string of the molecule is COc1ccc(Nc2ccc(C(=O)N3CCCC(C)C3)cn2)c(OC)c1. The van der Waals surface area contributed by atoms with Crippen molar-refractivity contribution in [1.82, 2.24) is 9.88 Å². The standard InChI is InChI=1S/C20H25N3O3/c1-14-5-4-10-23(13-14)20(24)15-6-9-19(21-12-15)22-17-8-7-16(25-2)11-18(17)26-3/h6-9,11-12,14H,4-5,10,13H2,1-3H3,(H,21,22). The number of hydrogen-bond donors (Lipinski definition) is 1. The van der Waals surface area contributed by atoms with E-state index in [1.807, 2.05) is 29.2 Å². The third-order valence-corrected chi connectivity index (χ3v) is 4.63. The summed E-state index contributed by atoms with van der Waals surface area (Å²) in [6, 6.07) is 9.14. The predicted octanol–water partition coefficient (Wildman–Crippen LogP) is 3.71. The molecule has 6 heteroatoms. The molecule has 0 bridgehead atoms. The quantitative estimate of drug-likeness (QED) is 0.886. The zero-order valence-electron chi connectivity index (χ0n) is 15.5. The Balaban J connectivity index is 1.71. The van der Waals surface area contributed by atoms with E-state index in [0.717, 1.165) is 30.9 Å². The molecule has 2 aromatic rings. The second-order valence-corrected chi connectivity index (χ2v) is 6.62. The van der Waals surface area contributed by atoms with Gasteiger partial charge in [0.15, 0.2) is 0 Å². The first-order valence-corrected chi connectivity index (χ1v) is 8.85. The fourth-order valence-corrected chi connectivity index (χ4v) is 3.19. The number of hydrogen-bond acceptors (Lipinski definition) is 5. The van der Waals surface area contributed by atoms with E-state index in [1.54, 1.807) is 26.5 Å². The summed E-state index contributed by atoms with van der Waals surface area (Å²) in [7, 11) is 3.22. The summed E-state index contributed by atoms with van der Waals surface area (Å²) in [5, 5.41) is 3.21. The number of aromatic nitrogens is 1. The number of carbonyl (C=O) groups is 1. The Bertz CT molecular complexity index is 761. The lowest BCUT2D eigenvalue weighted by atomic mass is 10.00. The number of pyridine rings is 1. The summed E-state index contributed by atoms with van der Waals surface area (Å²) in [5.74, 6) is 2.64. The zero-order valence-corrected chi connectivity index (χ0v) is 15.5. The van der Waals surface area contributed by atoms with Gasteiger partial charge in [-0.2, -0.15) is 0 Å². The summed E-state index contributed by atoms with van der Waals surface area (Å²) >= 11 is 0. The second kappa shape index (κ2) is 8.08. The van der Waals surface area contributed by atoms with E-state index in [0.29, 0.717) is 23.0 Å². The molecule has 1 atom stereocenters. The number of rotatable bonds is 5. The maximum Gasteiger partial charge on any atom is 0.255 e. The van der Waals surface area contributed by atoms with Crippen LogP contribution in [-0.2, 0) is 0 Å². The van der Waals surface area contributed by atoms with E-state index in [2.05, 4.69) is 17.2 Å². The van der Waals surface area contributed by atoms with Gasteiger partial charge in [0, 0.05) is 25.4 Å². The van der Waals surface area contributed by atoms with Crippen molar-refractivity contribution < 1.29 is 14.3 Å². The first kappa shape index (κ1) is 18.0. The third-order valence-electron chi connectivity index (χ3n) is 4.63. The van der Waals surface area contributed by atoms with Crippen LogP contribution in [0.2, 0.25) is 0 Å². The molecule has 1 aliphatic heterocycles. The number of nitrogens with zero attached hydrogens (tertiary/aromatic N) is 2. The van der Waals surface area contributed by atoms with Crippen LogP contribution in [0.4, 0.5) is 11.5 Å². The molecule has 1 unspecified atom stereocenters. The van der Waals surface area contributed by atoms with Gasteiger partial charge in [-0.1, -0.05) is 6.92 Å². The number of methoxy groups -OCH3 is 2. The monoisotopic (exact) mass is 355 g/mol. The van der Waals surface area contributed by atoms with Gasteiger partial charge in [-0.3, -0.25) is 4.79 Å². The summed E-state index contributed by atoms with van der Waals surface area (Å²) in [5.41, 5.74) is 1.40. The van der Waals surface area contributed by atoms with Gasteiger partial charge in [0.25, 0.3) is 5.91 Å². The van der Waals surface area contributed by atoms with Crippen LogP contribution in [0.15, 0.2) is 36.5 Å². The molecule has 1 aliphatic rings. The topological polar surface area (TPSA) is 63.7 Å². The van der Waals surface area contributed by atoms with Gasteiger partial charge >= 0.3 is 0 Å². The first-order chi connectivity index (χ1) is 12.6. The van der Waals surface area contributed by atoms with E-state index < -0.39 is 0 Å². The van der Waals surface area contributed by atoms with Crippen LogP contribution in [0, 0.1) is 5.92 Å². The van der Waals surface area contributed by atoms with Crippen molar-refractivity contribution in [3.05, 3.63) is 42.1 Å². The molecule has 0 spiro atoms. The third kappa shape index (κ3) is 4.07. The van der Waals surface area contributed by atoms with Gasteiger partial charge in [-0.25, -0.2) is 4.98 Å². The van der Waals surface area contributed by atoms with Gasteiger partial charge in [0.2, 0.25) is 0 Å². The largest absolute Gasteiger partial charge is 0.497 e. The molecule has 1 amide bonds. The van der Waals surface area contributed by atoms with E-state index in [9.17, 15) is 4.79 Å². The van der Waals surface area contributed by atoms with Crippen LogP contribution >= 0.6 is 0 Å². The van der Waals surface area contributed by atoms with E-state index in [1.165, 1.54) is 6.42 Å². The van der Waals surface area contributed by atoms with Crippen LogP contribution in [0.1, 0.15) is 30.1 Å². The van der Waals surface area contributed by atoms with Crippen molar-refractivity contribution in [3.63, 3.8) is 0 Å². The minimum absolute atomic E-state index is 0.0534. The average Bonchev–Trinajstić information content (AvgIpc) is 2.68. The van der Waals surface area contributed by atoms with Crippen molar-refractivity contribution in [2.75, 3.05) is 32.6 Å². The number of carbonyl (C=O) groups excluding carboxylic acids is 1. The van der Waals surface area contributed by atoms with Crippen molar-refractivity contribution in [3.8, 4) is 11.5 Å². The smallest absolute Gasteiger partial charge is 0.255 e. The van der Waals surface area contributed by atoms with E-state index in [-0.39, 0.29) is 5.91 Å². The zero-order chi connectivity index (χ0) is 18.5. The highest BCUT2D eigenvalue weighted by Gasteiger charge is 2.22. The second-order valence-electron chi connectivity index (χ2n) is 6.62. The number of amides is 1. The van der Waals surface area contributed by atoms with Crippen molar-refractivity contribution in [2.24, 2.45) is 5.92 Å². The molecule has 3 rings (SSSR count). The predicted molar refractivity (Wildman–Crippen MR) is 101 cm³/mol. The first-order valence-electron chi connectivity index (χ1n) is 8.85. The fourth-order valence-electron chi connectivity index (χ4n) is 3.19. The van der Waals surface area contributed by atoms with Crippen LogP contribution in [0.3, 0.4) is 0 Å². The molecular formula is C20H25N3O3. The van der Waals surface area contributed by atoms with Crippen molar-refractivity contribution in [2.45, 2.75) is 19.8 Å². The van der Waals surface area contributed by atoms with E-state index >= 15 is 0 Å². The Labute approximate surface area is 154 Å². The Morgan fingerprint density at radius 3 is 2.73 bits per heavy atom. The minimum atomic E-state index is 0.0534. The molecule has 1 N–H and O–H groups in total. The molecule has 6 nitrogen and oxygen atoms in total. The van der Waals surface area contributed by atoms with Crippen molar-refractivity contribution >= 4 is 17.4 Å². The molecule has 1 fully saturated rings. The summed E-state index contributed by atoms with van der Waals surface area (Å²) in [4.78, 5) is 18.9. The molecule has 0 aliphatic carbocycles. The highest BCUT2D eigenvalue weighted by atomic mass is 16.5. The van der Waals surface area contributed by atoms with E-state index in [4.69, 9.17) is 9.47 Å². The van der Waals surface area contributed by atoms with Gasteiger partial charge < -0.3 is 19.7 Å². The Hall–Kier alpha value is -2.76. The minimum Gasteiger partial charge on any atom is -0.497 e. The number of likely N-dealkylation sites (tertiary alicyclic amines) is 1. The molecule has 0 radical (unpaired) electrons.